The molecule has 0 aliphatic heterocycles. The van der Waals surface area contributed by atoms with Gasteiger partial charge in [0.25, 0.3) is 0 Å². The molecule has 248 valence electrons. The summed E-state index contributed by atoms with van der Waals surface area (Å²) >= 11 is 3.60. The first kappa shape index (κ1) is 30.1. The first-order valence-corrected chi connectivity index (χ1v) is 19.0. The second kappa shape index (κ2) is 12.0. The monoisotopic (exact) mass is 714 g/mol. The second-order valence-corrected chi connectivity index (χ2v) is 15.1. The van der Waals surface area contributed by atoms with E-state index in [0.29, 0.717) is 23.4 Å². The molecule has 0 aliphatic carbocycles. The number of oxazole rings is 1. The second-order valence-electron chi connectivity index (χ2n) is 13.0. The van der Waals surface area contributed by atoms with Crippen LogP contribution in [0.2, 0.25) is 0 Å². The number of rotatable bonds is 5. The van der Waals surface area contributed by atoms with Crippen molar-refractivity contribution in [1.82, 2.24) is 19.9 Å². The topological polar surface area (TPSA) is 64.7 Å². The van der Waals surface area contributed by atoms with Gasteiger partial charge in [-0.1, -0.05) is 109 Å². The zero-order chi connectivity index (χ0) is 34.9. The van der Waals surface area contributed by atoms with Crippen molar-refractivity contribution in [2.75, 3.05) is 0 Å². The Balaban J connectivity index is 1.05. The zero-order valence-electron chi connectivity index (χ0n) is 28.0. The van der Waals surface area contributed by atoms with Crippen LogP contribution >= 0.6 is 22.7 Å². The minimum atomic E-state index is 0.631. The number of fused-ring (bicyclic) bond motifs is 7. The highest BCUT2D eigenvalue weighted by molar-refractivity contribution is 7.26. The van der Waals surface area contributed by atoms with Crippen LogP contribution in [0.4, 0.5) is 0 Å². The van der Waals surface area contributed by atoms with Crippen molar-refractivity contribution in [3.05, 3.63) is 158 Å². The van der Waals surface area contributed by atoms with Gasteiger partial charge in [0.2, 0.25) is 5.89 Å². The summed E-state index contributed by atoms with van der Waals surface area (Å²) in [5.41, 5.74) is 7.77. The molecule has 0 bridgehead atoms. The maximum absolute atomic E-state index is 6.13. The van der Waals surface area contributed by atoms with E-state index in [9.17, 15) is 0 Å². The maximum Gasteiger partial charge on any atom is 0.227 e. The molecule has 0 radical (unpaired) electrons. The van der Waals surface area contributed by atoms with E-state index in [1.807, 2.05) is 42.5 Å². The molecule has 0 saturated carbocycles. The van der Waals surface area contributed by atoms with Crippen molar-refractivity contribution in [3.63, 3.8) is 0 Å². The standard InChI is InChI=1S/C46H26N4OS2/c1-2-11-27(12-3-1)43-48-44(50-45(49-43)34-18-10-22-40-41(34)33-15-4-7-21-38(33)52-40)29-14-8-13-28(25-29)31-16-9-17-32-35-26-30(23-24-39(35)53-42(31)32)46-47-36-19-5-6-20-37(36)51-46/h1-26H. The molecule has 53 heavy (non-hydrogen) atoms. The summed E-state index contributed by atoms with van der Waals surface area (Å²) in [6.45, 7) is 0. The molecule has 7 heteroatoms. The third-order valence-electron chi connectivity index (χ3n) is 9.78. The minimum absolute atomic E-state index is 0.631. The highest BCUT2D eigenvalue weighted by Gasteiger charge is 2.18. The molecule has 0 amide bonds. The fraction of sp³-hybridized carbons (Fsp3) is 0. The van der Waals surface area contributed by atoms with E-state index in [1.54, 1.807) is 22.7 Å². The molecular weight excluding hydrogens is 689 g/mol. The number of para-hydroxylation sites is 2. The van der Waals surface area contributed by atoms with E-state index < -0.39 is 0 Å². The molecule has 7 aromatic carbocycles. The van der Waals surface area contributed by atoms with Crippen LogP contribution in [0.15, 0.2) is 162 Å². The Labute approximate surface area is 311 Å². The summed E-state index contributed by atoms with van der Waals surface area (Å²) in [6.07, 6.45) is 0. The lowest BCUT2D eigenvalue weighted by Crippen LogP contribution is -2.00. The third kappa shape index (κ3) is 5.04. The van der Waals surface area contributed by atoms with Gasteiger partial charge in [-0.05, 0) is 59.7 Å². The van der Waals surface area contributed by atoms with Gasteiger partial charge in [-0.25, -0.2) is 19.9 Å². The average Bonchev–Trinajstić information content (AvgIpc) is 3.94. The van der Waals surface area contributed by atoms with Gasteiger partial charge in [0.05, 0.1) is 0 Å². The largest absolute Gasteiger partial charge is 0.436 e. The maximum atomic E-state index is 6.13. The van der Waals surface area contributed by atoms with E-state index in [1.165, 1.54) is 45.9 Å². The first-order chi connectivity index (χ1) is 26.2. The minimum Gasteiger partial charge on any atom is -0.436 e. The Kier molecular flexibility index (Phi) is 6.83. The molecule has 0 aliphatic rings. The molecule has 0 unspecified atom stereocenters. The van der Waals surface area contributed by atoms with Crippen LogP contribution in [0.5, 0.6) is 0 Å². The van der Waals surface area contributed by atoms with Gasteiger partial charge >= 0.3 is 0 Å². The number of aromatic nitrogens is 4. The normalized spacial score (nSPS) is 11.8. The quantitative estimate of drug-likeness (QED) is 0.178. The molecule has 0 fully saturated rings. The highest BCUT2D eigenvalue weighted by atomic mass is 32.1. The molecule has 0 atom stereocenters. The van der Waals surface area contributed by atoms with Gasteiger partial charge in [0.1, 0.15) is 5.52 Å². The Hall–Kier alpha value is -6.54. The molecule has 11 rings (SSSR count). The van der Waals surface area contributed by atoms with Gasteiger partial charge in [-0.3, -0.25) is 0 Å². The molecular formula is C46H26N4OS2. The van der Waals surface area contributed by atoms with E-state index in [4.69, 9.17) is 24.4 Å². The number of benzene rings is 7. The van der Waals surface area contributed by atoms with Crippen LogP contribution in [-0.2, 0) is 0 Å². The number of thiophene rings is 2. The summed E-state index contributed by atoms with van der Waals surface area (Å²) in [4.78, 5) is 20.1. The van der Waals surface area contributed by atoms with Crippen molar-refractivity contribution in [2.45, 2.75) is 0 Å². The number of nitrogens with zero attached hydrogens (tertiary/aromatic N) is 4. The smallest absolute Gasteiger partial charge is 0.227 e. The van der Waals surface area contributed by atoms with Crippen LogP contribution in [-0.4, -0.2) is 19.9 Å². The van der Waals surface area contributed by atoms with Crippen LogP contribution in [0.25, 0.3) is 108 Å². The van der Waals surface area contributed by atoms with Gasteiger partial charge in [-0.15, -0.1) is 22.7 Å². The van der Waals surface area contributed by atoms with Gasteiger partial charge in [-0.2, -0.15) is 0 Å². The highest BCUT2D eigenvalue weighted by Crippen LogP contribution is 2.43. The molecule has 11 aromatic rings. The van der Waals surface area contributed by atoms with Crippen molar-refractivity contribution >= 4 is 74.1 Å². The Morgan fingerprint density at radius 3 is 2.00 bits per heavy atom. The SMILES string of the molecule is c1ccc(-c2nc(-c3cccc(-c4cccc5c4sc4ccc(-c6nc7ccccc7o6)cc45)c3)nc(-c3cccc4sc5ccccc5c34)n2)cc1. The van der Waals surface area contributed by atoms with Crippen molar-refractivity contribution in [1.29, 1.82) is 0 Å². The Morgan fingerprint density at radius 2 is 1.08 bits per heavy atom. The van der Waals surface area contributed by atoms with E-state index in [2.05, 4.69) is 115 Å². The Bertz CT molecular complexity index is 3160. The zero-order valence-corrected chi connectivity index (χ0v) is 29.7. The fourth-order valence-electron chi connectivity index (χ4n) is 7.28. The first-order valence-electron chi connectivity index (χ1n) is 17.4. The van der Waals surface area contributed by atoms with Crippen molar-refractivity contribution in [2.24, 2.45) is 0 Å². The summed E-state index contributed by atoms with van der Waals surface area (Å²) in [6, 6.07) is 54.6. The molecule has 0 spiro atoms. The molecule has 0 saturated heterocycles. The summed E-state index contributed by atoms with van der Waals surface area (Å²) in [5.74, 6) is 2.58. The van der Waals surface area contributed by atoms with Crippen LogP contribution in [0, 0.1) is 0 Å². The van der Waals surface area contributed by atoms with Crippen LogP contribution in [0.1, 0.15) is 0 Å². The predicted molar refractivity (Wildman–Crippen MR) is 220 cm³/mol. The van der Waals surface area contributed by atoms with E-state index >= 15 is 0 Å². The Morgan fingerprint density at radius 1 is 0.396 bits per heavy atom. The molecule has 5 nitrogen and oxygen atoms in total. The molecule has 0 N–H and O–H groups in total. The number of hydrogen-bond donors (Lipinski definition) is 0. The average molecular weight is 715 g/mol. The fourth-order valence-corrected chi connectivity index (χ4v) is 9.63. The van der Waals surface area contributed by atoms with Crippen molar-refractivity contribution in [3.8, 4) is 56.7 Å². The number of hydrogen-bond acceptors (Lipinski definition) is 7. The van der Waals surface area contributed by atoms with E-state index in [0.717, 1.165) is 38.9 Å². The van der Waals surface area contributed by atoms with Crippen LogP contribution in [0.3, 0.4) is 0 Å². The summed E-state index contributed by atoms with van der Waals surface area (Å²) < 4.78 is 11.0. The van der Waals surface area contributed by atoms with Crippen molar-refractivity contribution < 1.29 is 4.42 Å². The summed E-state index contributed by atoms with van der Waals surface area (Å²) in [7, 11) is 0. The van der Waals surface area contributed by atoms with E-state index in [-0.39, 0.29) is 0 Å². The predicted octanol–water partition coefficient (Wildman–Crippen LogP) is 13.1. The molecule has 4 heterocycles. The van der Waals surface area contributed by atoms with Gasteiger partial charge in [0, 0.05) is 62.6 Å². The summed E-state index contributed by atoms with van der Waals surface area (Å²) in [5, 5.41) is 4.78. The van der Waals surface area contributed by atoms with Crippen LogP contribution < -0.4 is 0 Å². The lowest BCUT2D eigenvalue weighted by molar-refractivity contribution is 0.620. The third-order valence-corrected chi connectivity index (χ3v) is 12.1. The lowest BCUT2D eigenvalue weighted by atomic mass is 10.00. The van der Waals surface area contributed by atoms with Gasteiger partial charge in [0.15, 0.2) is 23.1 Å². The lowest BCUT2D eigenvalue weighted by Gasteiger charge is -2.11. The van der Waals surface area contributed by atoms with Gasteiger partial charge < -0.3 is 4.42 Å². The molecule has 4 aromatic heterocycles.